The molecule has 5 nitrogen and oxygen atoms in total. The van der Waals surface area contributed by atoms with Gasteiger partial charge in [0.25, 0.3) is 0 Å². The van der Waals surface area contributed by atoms with Gasteiger partial charge >= 0.3 is 0 Å². The van der Waals surface area contributed by atoms with E-state index in [1.165, 1.54) is 27.5 Å². The fourth-order valence-corrected chi connectivity index (χ4v) is 8.75. The number of hydrogen-bond acceptors (Lipinski definition) is 5. The minimum absolute atomic E-state index is 0.583. The molecule has 0 unspecified atom stereocenters. The summed E-state index contributed by atoms with van der Waals surface area (Å²) in [7, 11) is 0. The number of pyridine rings is 1. The number of nitrogens with zero attached hydrogens (tertiary/aromatic N) is 4. The molecule has 12 rings (SSSR count). The van der Waals surface area contributed by atoms with Crippen LogP contribution in [-0.2, 0) is 0 Å². The maximum absolute atomic E-state index is 6.48. The van der Waals surface area contributed by atoms with Crippen LogP contribution < -0.4 is 0 Å². The highest BCUT2D eigenvalue weighted by atomic mass is 16.3. The number of rotatable bonds is 6. The molecular formula is C56H34N4O. The van der Waals surface area contributed by atoms with E-state index in [0.717, 1.165) is 77.0 Å². The van der Waals surface area contributed by atoms with Crippen molar-refractivity contribution in [2.45, 2.75) is 0 Å². The Morgan fingerprint density at radius 3 is 1.59 bits per heavy atom. The SMILES string of the molecule is c1ccc(-c2cccc3c(-c4ccc(-c5nc(-c6ccc(-c7ccc8ncccc8c7)cc6)nc(-c6cccc7oc8cc9ccccc9cc8c67)n5)cc4)cccc23)cc1. The van der Waals surface area contributed by atoms with Gasteiger partial charge in [-0.05, 0) is 91.3 Å². The van der Waals surface area contributed by atoms with Crippen molar-refractivity contribution >= 4 is 54.4 Å². The third kappa shape index (κ3) is 6.10. The van der Waals surface area contributed by atoms with Crippen molar-refractivity contribution in [2.24, 2.45) is 0 Å². The Labute approximate surface area is 351 Å². The molecule has 0 saturated heterocycles. The van der Waals surface area contributed by atoms with Crippen LogP contribution in [0.15, 0.2) is 211 Å². The molecule has 0 fully saturated rings. The molecule has 9 aromatic carbocycles. The van der Waals surface area contributed by atoms with Gasteiger partial charge in [-0.3, -0.25) is 4.98 Å². The Bertz CT molecular complexity index is 3630. The van der Waals surface area contributed by atoms with Crippen LogP contribution in [-0.4, -0.2) is 19.9 Å². The lowest BCUT2D eigenvalue weighted by atomic mass is 9.92. The molecular weight excluding hydrogens is 745 g/mol. The summed E-state index contributed by atoms with van der Waals surface area (Å²) >= 11 is 0. The highest BCUT2D eigenvalue weighted by Gasteiger charge is 2.19. The van der Waals surface area contributed by atoms with Crippen molar-refractivity contribution in [2.75, 3.05) is 0 Å². The normalized spacial score (nSPS) is 11.6. The summed E-state index contributed by atoms with van der Waals surface area (Å²) in [5.41, 5.74) is 12.2. The monoisotopic (exact) mass is 778 g/mol. The Morgan fingerprint density at radius 2 is 0.869 bits per heavy atom. The number of benzene rings is 9. The van der Waals surface area contributed by atoms with Gasteiger partial charge in [0, 0.05) is 39.0 Å². The highest BCUT2D eigenvalue weighted by molar-refractivity contribution is 6.15. The van der Waals surface area contributed by atoms with Crippen LogP contribution in [0.2, 0.25) is 0 Å². The summed E-state index contributed by atoms with van der Waals surface area (Å²) in [6, 6.07) is 70.0. The van der Waals surface area contributed by atoms with Crippen molar-refractivity contribution in [1.82, 2.24) is 19.9 Å². The van der Waals surface area contributed by atoms with Gasteiger partial charge < -0.3 is 4.42 Å². The van der Waals surface area contributed by atoms with Gasteiger partial charge in [-0.1, -0.05) is 164 Å². The average Bonchev–Trinajstić information content (AvgIpc) is 3.70. The van der Waals surface area contributed by atoms with E-state index in [1.54, 1.807) is 0 Å². The summed E-state index contributed by atoms with van der Waals surface area (Å²) in [6.07, 6.45) is 1.83. The van der Waals surface area contributed by atoms with Gasteiger partial charge in [-0.15, -0.1) is 0 Å². The lowest BCUT2D eigenvalue weighted by Gasteiger charge is -2.12. The van der Waals surface area contributed by atoms with E-state index < -0.39 is 0 Å². The molecule has 0 atom stereocenters. The van der Waals surface area contributed by atoms with Crippen LogP contribution in [0.25, 0.3) is 122 Å². The molecule has 0 saturated carbocycles. The Hall–Kier alpha value is -8.28. The van der Waals surface area contributed by atoms with Crippen LogP contribution in [0.5, 0.6) is 0 Å². The number of aromatic nitrogens is 4. The first-order valence-electron chi connectivity index (χ1n) is 20.4. The van der Waals surface area contributed by atoms with E-state index in [2.05, 4.69) is 187 Å². The van der Waals surface area contributed by atoms with E-state index in [4.69, 9.17) is 19.4 Å². The van der Waals surface area contributed by atoms with Crippen molar-refractivity contribution in [3.05, 3.63) is 206 Å². The standard InChI is InChI=1S/C56H34N4O/c1-2-10-36(11-3-1)44-15-6-18-47-45(16-7-17-46(44)47)37-23-27-39(28-24-37)55-58-54(38-25-21-35(22-26-38)42-29-30-50-43(32-42)14-9-31-57-50)59-56(60-55)48-19-8-20-51-53(48)49-33-40-12-4-5-13-41(40)34-52(49)61-51/h1-34H. The lowest BCUT2D eigenvalue weighted by molar-refractivity contribution is 0.669. The smallest absolute Gasteiger partial charge is 0.164 e. The molecule has 5 heteroatoms. The van der Waals surface area contributed by atoms with Gasteiger partial charge in [0.1, 0.15) is 11.2 Å². The summed E-state index contributed by atoms with van der Waals surface area (Å²) in [5.74, 6) is 1.77. The molecule has 0 bridgehead atoms. The maximum Gasteiger partial charge on any atom is 0.164 e. The zero-order valence-corrected chi connectivity index (χ0v) is 32.8. The maximum atomic E-state index is 6.48. The van der Waals surface area contributed by atoms with E-state index in [-0.39, 0.29) is 0 Å². The molecule has 12 aromatic rings. The fourth-order valence-electron chi connectivity index (χ4n) is 8.75. The molecule has 61 heavy (non-hydrogen) atoms. The van der Waals surface area contributed by atoms with Crippen molar-refractivity contribution in [1.29, 1.82) is 0 Å². The zero-order valence-electron chi connectivity index (χ0n) is 32.8. The fraction of sp³-hybridized carbons (Fsp3) is 0. The van der Waals surface area contributed by atoms with Crippen LogP contribution >= 0.6 is 0 Å². The summed E-state index contributed by atoms with van der Waals surface area (Å²) in [5, 5.41) is 7.82. The van der Waals surface area contributed by atoms with Crippen LogP contribution in [0.4, 0.5) is 0 Å². The number of hydrogen-bond donors (Lipinski definition) is 0. The summed E-state index contributed by atoms with van der Waals surface area (Å²) in [6.45, 7) is 0. The van der Waals surface area contributed by atoms with E-state index in [1.807, 2.05) is 24.4 Å². The first-order chi connectivity index (χ1) is 30.2. The second-order valence-electron chi connectivity index (χ2n) is 15.4. The Morgan fingerprint density at radius 1 is 0.311 bits per heavy atom. The van der Waals surface area contributed by atoms with Gasteiger partial charge in [0.15, 0.2) is 17.5 Å². The third-order valence-electron chi connectivity index (χ3n) is 11.8. The Balaban J connectivity index is 0.989. The molecule has 0 aliphatic rings. The van der Waals surface area contributed by atoms with Gasteiger partial charge in [0.2, 0.25) is 0 Å². The summed E-state index contributed by atoms with van der Waals surface area (Å²) in [4.78, 5) is 20.1. The predicted octanol–water partition coefficient (Wildman–Crippen LogP) is 14.6. The molecule has 284 valence electrons. The van der Waals surface area contributed by atoms with Crippen molar-refractivity contribution in [3.63, 3.8) is 0 Å². The van der Waals surface area contributed by atoms with Crippen molar-refractivity contribution in [3.8, 4) is 67.5 Å². The number of fused-ring (bicyclic) bond motifs is 6. The Kier molecular flexibility index (Phi) is 8.10. The minimum Gasteiger partial charge on any atom is -0.456 e. The first kappa shape index (κ1) is 34.7. The molecule has 3 aromatic heterocycles. The minimum atomic E-state index is 0.583. The molecule has 0 aliphatic carbocycles. The molecule has 0 aliphatic heterocycles. The molecule has 0 spiro atoms. The third-order valence-corrected chi connectivity index (χ3v) is 11.8. The highest BCUT2D eigenvalue weighted by Crippen LogP contribution is 2.40. The van der Waals surface area contributed by atoms with Crippen LogP contribution in [0.3, 0.4) is 0 Å². The lowest BCUT2D eigenvalue weighted by Crippen LogP contribution is -2.00. The number of furan rings is 1. The zero-order chi connectivity index (χ0) is 40.3. The van der Waals surface area contributed by atoms with Gasteiger partial charge in [-0.25, -0.2) is 15.0 Å². The molecule has 0 radical (unpaired) electrons. The second-order valence-corrected chi connectivity index (χ2v) is 15.4. The predicted molar refractivity (Wildman–Crippen MR) is 250 cm³/mol. The van der Waals surface area contributed by atoms with E-state index in [0.29, 0.717) is 17.5 Å². The quantitative estimate of drug-likeness (QED) is 0.168. The molecule has 0 amide bonds. The van der Waals surface area contributed by atoms with E-state index >= 15 is 0 Å². The summed E-state index contributed by atoms with van der Waals surface area (Å²) < 4.78 is 6.48. The second kappa shape index (κ2) is 14.2. The van der Waals surface area contributed by atoms with E-state index in [9.17, 15) is 0 Å². The van der Waals surface area contributed by atoms with Gasteiger partial charge in [0.05, 0.1) is 5.52 Å². The van der Waals surface area contributed by atoms with Crippen LogP contribution in [0.1, 0.15) is 0 Å². The van der Waals surface area contributed by atoms with Gasteiger partial charge in [-0.2, -0.15) is 0 Å². The van der Waals surface area contributed by atoms with Crippen LogP contribution in [0, 0.1) is 0 Å². The average molecular weight is 779 g/mol. The topological polar surface area (TPSA) is 64.7 Å². The largest absolute Gasteiger partial charge is 0.456 e. The molecule has 3 heterocycles. The van der Waals surface area contributed by atoms with Crippen molar-refractivity contribution < 1.29 is 4.42 Å². The first-order valence-corrected chi connectivity index (χ1v) is 20.4. The molecule has 0 N–H and O–H groups in total.